The summed E-state index contributed by atoms with van der Waals surface area (Å²) in [6.07, 6.45) is 3.55. The summed E-state index contributed by atoms with van der Waals surface area (Å²) in [5.41, 5.74) is 7.95. The molecule has 2 rings (SSSR count). The largest absolute Gasteiger partial charge is 0.397 e. The number of rotatable bonds is 7. The van der Waals surface area contributed by atoms with Crippen molar-refractivity contribution in [3.8, 4) is 0 Å². The van der Waals surface area contributed by atoms with Crippen LogP contribution in [0.5, 0.6) is 0 Å². The fourth-order valence-electron chi connectivity index (χ4n) is 2.38. The SMILES string of the molecule is C=CCN(CC=C)c1ccccc1C(=O)Nc1cc(Cl)c(Cl)cc1N. The Bertz CT molecular complexity index is 795. The van der Waals surface area contributed by atoms with Crippen LogP contribution in [0.3, 0.4) is 0 Å². The van der Waals surface area contributed by atoms with Crippen LogP contribution in [0.15, 0.2) is 61.7 Å². The molecule has 0 aliphatic carbocycles. The average Bonchev–Trinajstić information content (AvgIpc) is 2.59. The minimum atomic E-state index is -0.293. The van der Waals surface area contributed by atoms with E-state index in [0.29, 0.717) is 40.1 Å². The molecule has 0 bridgehead atoms. The van der Waals surface area contributed by atoms with E-state index in [2.05, 4.69) is 18.5 Å². The van der Waals surface area contributed by atoms with E-state index in [1.54, 1.807) is 24.3 Å². The zero-order chi connectivity index (χ0) is 18.4. The van der Waals surface area contributed by atoms with E-state index in [4.69, 9.17) is 28.9 Å². The minimum Gasteiger partial charge on any atom is -0.397 e. The second-order valence-corrected chi connectivity index (χ2v) is 6.12. The van der Waals surface area contributed by atoms with Crippen LogP contribution in [0.25, 0.3) is 0 Å². The Morgan fingerprint density at radius 1 is 1.12 bits per heavy atom. The van der Waals surface area contributed by atoms with Gasteiger partial charge >= 0.3 is 0 Å². The summed E-state index contributed by atoms with van der Waals surface area (Å²) in [7, 11) is 0. The normalized spacial score (nSPS) is 10.2. The van der Waals surface area contributed by atoms with Crippen molar-refractivity contribution in [1.29, 1.82) is 0 Å². The fourth-order valence-corrected chi connectivity index (χ4v) is 2.72. The lowest BCUT2D eigenvalue weighted by molar-refractivity contribution is 0.102. The molecular formula is C19H19Cl2N3O. The van der Waals surface area contributed by atoms with Crippen LogP contribution in [-0.2, 0) is 0 Å². The maximum atomic E-state index is 12.8. The zero-order valence-electron chi connectivity index (χ0n) is 13.6. The minimum absolute atomic E-state index is 0.293. The molecule has 1 amide bonds. The number of carbonyl (C=O) groups is 1. The van der Waals surface area contributed by atoms with Gasteiger partial charge in [0.2, 0.25) is 0 Å². The Kier molecular flexibility index (Phi) is 6.51. The van der Waals surface area contributed by atoms with Gasteiger partial charge in [0.15, 0.2) is 0 Å². The molecule has 0 heterocycles. The maximum absolute atomic E-state index is 12.8. The van der Waals surface area contributed by atoms with E-state index in [9.17, 15) is 4.79 Å². The van der Waals surface area contributed by atoms with Crippen molar-refractivity contribution in [2.24, 2.45) is 0 Å². The van der Waals surface area contributed by atoms with Gasteiger partial charge in [-0.05, 0) is 24.3 Å². The van der Waals surface area contributed by atoms with Crippen molar-refractivity contribution < 1.29 is 4.79 Å². The van der Waals surface area contributed by atoms with Crippen LogP contribution in [-0.4, -0.2) is 19.0 Å². The Balaban J connectivity index is 2.35. The maximum Gasteiger partial charge on any atom is 0.257 e. The summed E-state index contributed by atoms with van der Waals surface area (Å²) in [6, 6.07) is 10.3. The number of halogens is 2. The molecule has 4 nitrogen and oxygen atoms in total. The summed E-state index contributed by atoms with van der Waals surface area (Å²) in [4.78, 5) is 14.8. The Hall–Kier alpha value is -2.43. The highest BCUT2D eigenvalue weighted by Crippen LogP contribution is 2.31. The number of hydrogen-bond donors (Lipinski definition) is 2. The highest BCUT2D eigenvalue weighted by molar-refractivity contribution is 6.42. The number of hydrogen-bond acceptors (Lipinski definition) is 3. The Morgan fingerprint density at radius 2 is 1.72 bits per heavy atom. The smallest absolute Gasteiger partial charge is 0.257 e. The average molecular weight is 376 g/mol. The van der Waals surface area contributed by atoms with E-state index in [1.165, 1.54) is 12.1 Å². The lowest BCUT2D eigenvalue weighted by Crippen LogP contribution is -2.26. The molecule has 0 saturated carbocycles. The Labute approximate surface area is 157 Å². The van der Waals surface area contributed by atoms with Crippen molar-refractivity contribution in [3.05, 3.63) is 77.3 Å². The topological polar surface area (TPSA) is 58.4 Å². The van der Waals surface area contributed by atoms with Crippen LogP contribution < -0.4 is 16.0 Å². The quantitative estimate of drug-likeness (QED) is 0.528. The number of para-hydroxylation sites is 1. The fraction of sp³-hybridized carbons (Fsp3) is 0.105. The number of nitrogens with zero attached hydrogens (tertiary/aromatic N) is 1. The second kappa shape index (κ2) is 8.60. The molecule has 0 saturated heterocycles. The van der Waals surface area contributed by atoms with Crippen LogP contribution in [0.1, 0.15) is 10.4 Å². The lowest BCUT2D eigenvalue weighted by atomic mass is 10.1. The molecule has 0 fully saturated rings. The number of nitrogens with two attached hydrogens (primary N) is 1. The van der Waals surface area contributed by atoms with Crippen molar-refractivity contribution in [1.82, 2.24) is 0 Å². The highest BCUT2D eigenvalue weighted by Gasteiger charge is 2.16. The van der Waals surface area contributed by atoms with Gasteiger partial charge < -0.3 is 16.0 Å². The molecule has 0 atom stereocenters. The van der Waals surface area contributed by atoms with Gasteiger partial charge in [-0.2, -0.15) is 0 Å². The molecule has 2 aromatic carbocycles. The van der Waals surface area contributed by atoms with E-state index in [-0.39, 0.29) is 5.91 Å². The standard InChI is InChI=1S/C19H19Cl2N3O/c1-3-9-24(10-4-2)18-8-6-5-7-13(18)19(25)23-17-12-15(21)14(20)11-16(17)22/h3-8,11-12H,1-2,9-10,22H2,(H,23,25). The van der Waals surface area contributed by atoms with Gasteiger partial charge in [-0.1, -0.05) is 47.5 Å². The van der Waals surface area contributed by atoms with E-state index >= 15 is 0 Å². The van der Waals surface area contributed by atoms with Crippen LogP contribution >= 0.6 is 23.2 Å². The van der Waals surface area contributed by atoms with Crippen LogP contribution in [0.4, 0.5) is 17.1 Å². The summed E-state index contributed by atoms with van der Waals surface area (Å²) in [6.45, 7) is 8.70. The molecule has 3 N–H and O–H groups in total. The van der Waals surface area contributed by atoms with Crippen molar-refractivity contribution in [3.63, 3.8) is 0 Å². The summed E-state index contributed by atoms with van der Waals surface area (Å²) in [5.74, 6) is -0.293. The van der Waals surface area contributed by atoms with Gasteiger partial charge in [0, 0.05) is 13.1 Å². The third-order valence-corrected chi connectivity index (χ3v) is 4.25. The molecule has 130 valence electrons. The predicted molar refractivity (Wildman–Crippen MR) is 108 cm³/mol. The first-order chi connectivity index (χ1) is 12.0. The van der Waals surface area contributed by atoms with Gasteiger partial charge in [-0.25, -0.2) is 0 Å². The van der Waals surface area contributed by atoms with Gasteiger partial charge in [-0.15, -0.1) is 13.2 Å². The van der Waals surface area contributed by atoms with Gasteiger partial charge in [0.05, 0.1) is 32.7 Å². The first-order valence-electron chi connectivity index (χ1n) is 7.59. The molecule has 0 aliphatic heterocycles. The first kappa shape index (κ1) is 18.9. The number of anilines is 3. The molecule has 2 aromatic rings. The molecule has 0 aliphatic rings. The van der Waals surface area contributed by atoms with E-state index in [1.807, 2.05) is 17.0 Å². The monoisotopic (exact) mass is 375 g/mol. The zero-order valence-corrected chi connectivity index (χ0v) is 15.1. The molecule has 6 heteroatoms. The van der Waals surface area contributed by atoms with E-state index < -0.39 is 0 Å². The van der Waals surface area contributed by atoms with Gasteiger partial charge in [0.25, 0.3) is 5.91 Å². The highest BCUT2D eigenvalue weighted by atomic mass is 35.5. The molecule has 0 spiro atoms. The number of amides is 1. The lowest BCUT2D eigenvalue weighted by Gasteiger charge is -2.24. The first-order valence-corrected chi connectivity index (χ1v) is 8.35. The summed E-state index contributed by atoms with van der Waals surface area (Å²) in [5, 5.41) is 3.44. The van der Waals surface area contributed by atoms with E-state index in [0.717, 1.165) is 5.69 Å². The summed E-state index contributed by atoms with van der Waals surface area (Å²) < 4.78 is 0. The molecular weight excluding hydrogens is 357 g/mol. The van der Waals surface area contributed by atoms with Crippen molar-refractivity contribution in [2.75, 3.05) is 29.0 Å². The van der Waals surface area contributed by atoms with Crippen LogP contribution in [0, 0.1) is 0 Å². The van der Waals surface area contributed by atoms with Gasteiger partial charge in [0.1, 0.15) is 0 Å². The number of benzene rings is 2. The van der Waals surface area contributed by atoms with Gasteiger partial charge in [-0.3, -0.25) is 4.79 Å². The molecule has 0 aromatic heterocycles. The molecule has 0 unspecified atom stereocenters. The molecule has 25 heavy (non-hydrogen) atoms. The number of nitrogen functional groups attached to an aromatic ring is 1. The third kappa shape index (κ3) is 4.56. The Morgan fingerprint density at radius 3 is 2.36 bits per heavy atom. The predicted octanol–water partition coefficient (Wildman–Crippen LogP) is 5.01. The second-order valence-electron chi connectivity index (χ2n) is 5.31. The summed E-state index contributed by atoms with van der Waals surface area (Å²) >= 11 is 11.9. The van der Waals surface area contributed by atoms with Crippen molar-refractivity contribution in [2.45, 2.75) is 0 Å². The van der Waals surface area contributed by atoms with Crippen LogP contribution in [0.2, 0.25) is 10.0 Å². The number of carbonyl (C=O) groups excluding carboxylic acids is 1. The third-order valence-electron chi connectivity index (χ3n) is 3.53. The van der Waals surface area contributed by atoms with Crippen molar-refractivity contribution >= 4 is 46.2 Å². The number of nitrogens with one attached hydrogen (secondary N) is 1. The molecule has 0 radical (unpaired) electrons.